The molecule has 0 aromatic heterocycles. The quantitative estimate of drug-likeness (QED) is 0.884. The number of rotatable bonds is 5. The number of benzene rings is 2. The molecule has 0 heterocycles. The molecule has 2 unspecified atom stereocenters. The van der Waals surface area contributed by atoms with Crippen LogP contribution in [0, 0.1) is 5.92 Å². The topological polar surface area (TPSA) is 54.4 Å². The molecule has 1 saturated carbocycles. The minimum absolute atomic E-state index is 0.122. The van der Waals surface area contributed by atoms with E-state index in [1.807, 2.05) is 42.5 Å². The second-order valence-corrected chi connectivity index (χ2v) is 6.61. The van der Waals surface area contributed by atoms with Gasteiger partial charge in [0.15, 0.2) is 0 Å². The average molecular weight is 322 g/mol. The summed E-state index contributed by atoms with van der Waals surface area (Å²) in [6.07, 6.45) is 3.40. The summed E-state index contributed by atoms with van der Waals surface area (Å²) >= 11 is 0. The van der Waals surface area contributed by atoms with Crippen molar-refractivity contribution in [3.8, 4) is 11.1 Å². The minimum Gasteiger partial charge on any atom is -0.481 e. The second-order valence-electron chi connectivity index (χ2n) is 6.61. The van der Waals surface area contributed by atoms with E-state index in [9.17, 15) is 14.7 Å². The highest BCUT2D eigenvalue weighted by Crippen LogP contribution is 2.32. The molecule has 3 nitrogen and oxygen atoms in total. The Morgan fingerprint density at radius 3 is 2.58 bits per heavy atom. The van der Waals surface area contributed by atoms with Gasteiger partial charge >= 0.3 is 5.97 Å². The summed E-state index contributed by atoms with van der Waals surface area (Å²) < 4.78 is 0. The fourth-order valence-corrected chi connectivity index (χ4v) is 3.50. The van der Waals surface area contributed by atoms with Gasteiger partial charge in [0.1, 0.15) is 5.78 Å². The monoisotopic (exact) mass is 322 g/mol. The molecule has 1 aliphatic rings. The molecule has 0 saturated heterocycles. The lowest BCUT2D eigenvalue weighted by Crippen LogP contribution is -2.11. The molecule has 0 amide bonds. The minimum atomic E-state index is -0.828. The summed E-state index contributed by atoms with van der Waals surface area (Å²) in [5.74, 6) is -0.913. The van der Waals surface area contributed by atoms with Gasteiger partial charge in [0.25, 0.3) is 0 Å². The van der Waals surface area contributed by atoms with Crippen LogP contribution in [0.15, 0.2) is 48.5 Å². The van der Waals surface area contributed by atoms with Crippen molar-refractivity contribution in [3.05, 3.63) is 59.7 Å². The van der Waals surface area contributed by atoms with E-state index >= 15 is 0 Å². The van der Waals surface area contributed by atoms with Gasteiger partial charge < -0.3 is 5.11 Å². The van der Waals surface area contributed by atoms with Crippen molar-refractivity contribution in [2.75, 3.05) is 0 Å². The van der Waals surface area contributed by atoms with Crippen molar-refractivity contribution < 1.29 is 14.7 Å². The highest BCUT2D eigenvalue weighted by molar-refractivity contribution is 5.83. The lowest BCUT2D eigenvalue weighted by atomic mass is 9.88. The van der Waals surface area contributed by atoms with Gasteiger partial charge in [-0.1, -0.05) is 48.5 Å². The Balaban J connectivity index is 1.99. The Labute approximate surface area is 142 Å². The van der Waals surface area contributed by atoms with Crippen LogP contribution in [-0.2, 0) is 16.0 Å². The maximum Gasteiger partial charge on any atom is 0.310 e. The Morgan fingerprint density at radius 2 is 1.96 bits per heavy atom. The van der Waals surface area contributed by atoms with Gasteiger partial charge in [-0.3, -0.25) is 9.59 Å². The molecule has 1 fully saturated rings. The van der Waals surface area contributed by atoms with Gasteiger partial charge in [0.05, 0.1) is 5.92 Å². The van der Waals surface area contributed by atoms with Crippen LogP contribution in [0.25, 0.3) is 11.1 Å². The van der Waals surface area contributed by atoms with Gasteiger partial charge in [-0.05, 0) is 48.4 Å². The van der Waals surface area contributed by atoms with Crippen LogP contribution in [-0.4, -0.2) is 16.9 Å². The normalized spacial score (nSPS) is 18.5. The third kappa shape index (κ3) is 3.40. The first-order chi connectivity index (χ1) is 11.6. The van der Waals surface area contributed by atoms with Crippen molar-refractivity contribution in [1.29, 1.82) is 0 Å². The summed E-state index contributed by atoms with van der Waals surface area (Å²) in [6.45, 7) is 1.71. The van der Waals surface area contributed by atoms with Gasteiger partial charge in [0, 0.05) is 12.3 Å². The second kappa shape index (κ2) is 7.00. The maximum atomic E-state index is 11.9. The van der Waals surface area contributed by atoms with Crippen LogP contribution in [0.5, 0.6) is 0 Å². The molecule has 3 rings (SSSR count). The average Bonchev–Trinajstić information content (AvgIpc) is 3.00. The van der Waals surface area contributed by atoms with Gasteiger partial charge in [-0.2, -0.15) is 0 Å². The van der Waals surface area contributed by atoms with E-state index in [4.69, 9.17) is 0 Å². The van der Waals surface area contributed by atoms with Gasteiger partial charge in [-0.25, -0.2) is 0 Å². The molecule has 124 valence electrons. The molecule has 1 aliphatic carbocycles. The van der Waals surface area contributed by atoms with Crippen molar-refractivity contribution in [1.82, 2.24) is 0 Å². The van der Waals surface area contributed by atoms with Crippen LogP contribution in [0.4, 0.5) is 0 Å². The fraction of sp³-hybridized carbons (Fsp3) is 0.333. The van der Waals surface area contributed by atoms with Crippen LogP contribution in [0.2, 0.25) is 0 Å². The molecule has 3 heteroatoms. The van der Waals surface area contributed by atoms with Crippen molar-refractivity contribution in [2.24, 2.45) is 5.92 Å². The number of hydrogen-bond donors (Lipinski definition) is 1. The zero-order valence-electron chi connectivity index (χ0n) is 13.9. The molecule has 0 bridgehead atoms. The van der Waals surface area contributed by atoms with Crippen LogP contribution in [0.1, 0.15) is 43.2 Å². The molecule has 2 aromatic rings. The summed E-state index contributed by atoms with van der Waals surface area (Å²) in [7, 11) is 0. The molecule has 24 heavy (non-hydrogen) atoms. The number of carbonyl (C=O) groups is 2. The summed E-state index contributed by atoms with van der Waals surface area (Å²) in [6, 6.07) is 15.8. The lowest BCUT2D eigenvalue weighted by molar-refractivity contribution is -0.138. The van der Waals surface area contributed by atoms with Gasteiger partial charge in [-0.15, -0.1) is 0 Å². The summed E-state index contributed by atoms with van der Waals surface area (Å²) in [5.41, 5.74) is 3.89. The summed E-state index contributed by atoms with van der Waals surface area (Å²) in [4.78, 5) is 23.4. The third-order valence-electron chi connectivity index (χ3n) is 4.95. The van der Waals surface area contributed by atoms with Gasteiger partial charge in [0.2, 0.25) is 0 Å². The van der Waals surface area contributed by atoms with E-state index in [2.05, 4.69) is 6.07 Å². The SMILES string of the molecule is CC(C(=O)O)c1ccc(CC2CCCC2=O)cc1-c1ccccc1. The molecular weight excluding hydrogens is 300 g/mol. The first-order valence-corrected chi connectivity index (χ1v) is 8.50. The van der Waals surface area contributed by atoms with E-state index in [0.717, 1.165) is 41.5 Å². The number of aliphatic carboxylic acids is 1. The first-order valence-electron chi connectivity index (χ1n) is 8.50. The molecule has 0 radical (unpaired) electrons. The number of Topliss-reactive ketones (excluding diaryl/α,β-unsaturated/α-hetero) is 1. The smallest absolute Gasteiger partial charge is 0.310 e. The standard InChI is InChI=1S/C21H22O3/c1-14(21(23)24)18-11-10-15(12-17-8-5-9-20(17)22)13-19(18)16-6-3-2-4-7-16/h2-4,6-7,10-11,13-14,17H,5,8-9,12H2,1H3,(H,23,24). The third-order valence-corrected chi connectivity index (χ3v) is 4.95. The number of carboxylic acid groups (broad SMARTS) is 1. The maximum absolute atomic E-state index is 11.9. The van der Waals surface area contributed by atoms with Crippen LogP contribution < -0.4 is 0 Å². The predicted molar refractivity (Wildman–Crippen MR) is 94.0 cm³/mol. The number of hydrogen-bond acceptors (Lipinski definition) is 2. The Bertz CT molecular complexity index is 749. The van der Waals surface area contributed by atoms with E-state index < -0.39 is 11.9 Å². The number of ketones is 1. The van der Waals surface area contributed by atoms with Crippen molar-refractivity contribution in [3.63, 3.8) is 0 Å². The Hall–Kier alpha value is -2.42. The number of carbonyl (C=O) groups excluding carboxylic acids is 1. The highest BCUT2D eigenvalue weighted by Gasteiger charge is 2.25. The fourth-order valence-electron chi connectivity index (χ4n) is 3.50. The zero-order chi connectivity index (χ0) is 17.1. The zero-order valence-corrected chi connectivity index (χ0v) is 13.9. The highest BCUT2D eigenvalue weighted by atomic mass is 16.4. The van der Waals surface area contributed by atoms with Crippen molar-refractivity contribution in [2.45, 2.75) is 38.5 Å². The van der Waals surface area contributed by atoms with E-state index in [-0.39, 0.29) is 5.92 Å². The van der Waals surface area contributed by atoms with E-state index in [0.29, 0.717) is 12.2 Å². The largest absolute Gasteiger partial charge is 0.481 e. The molecule has 0 spiro atoms. The first kappa shape index (κ1) is 16.4. The Morgan fingerprint density at radius 1 is 1.21 bits per heavy atom. The Kier molecular flexibility index (Phi) is 4.79. The van der Waals surface area contributed by atoms with Crippen LogP contribution >= 0.6 is 0 Å². The molecule has 0 aliphatic heterocycles. The molecule has 1 N–H and O–H groups in total. The predicted octanol–water partition coefficient (Wildman–Crippen LogP) is 4.45. The molecule has 2 atom stereocenters. The van der Waals surface area contributed by atoms with Crippen LogP contribution in [0.3, 0.4) is 0 Å². The summed E-state index contributed by atoms with van der Waals surface area (Å²) in [5, 5.41) is 9.40. The van der Waals surface area contributed by atoms with Crippen molar-refractivity contribution >= 4 is 11.8 Å². The molecule has 2 aromatic carbocycles. The number of carboxylic acids is 1. The van der Waals surface area contributed by atoms with E-state index in [1.165, 1.54) is 0 Å². The van der Waals surface area contributed by atoms with E-state index in [1.54, 1.807) is 6.92 Å². The molecular formula is C21H22O3. The lowest BCUT2D eigenvalue weighted by Gasteiger charge is -2.16.